The highest BCUT2D eigenvalue weighted by Gasteiger charge is 2.14. The minimum Gasteiger partial charge on any atom is -0.497 e. The van der Waals surface area contributed by atoms with E-state index >= 15 is 0 Å². The molecule has 0 aliphatic carbocycles. The van der Waals surface area contributed by atoms with Gasteiger partial charge in [-0.3, -0.25) is 9.59 Å². The van der Waals surface area contributed by atoms with Crippen molar-refractivity contribution >= 4 is 17.5 Å². The van der Waals surface area contributed by atoms with Gasteiger partial charge in [0.25, 0.3) is 0 Å². The molecule has 2 amide bonds. The van der Waals surface area contributed by atoms with Crippen LogP contribution in [-0.2, 0) is 16.0 Å². The molecule has 0 atom stereocenters. The van der Waals surface area contributed by atoms with Crippen LogP contribution >= 0.6 is 0 Å². The summed E-state index contributed by atoms with van der Waals surface area (Å²) in [5, 5.41) is 4.94. The first-order valence-corrected chi connectivity index (χ1v) is 7.48. The molecule has 0 aliphatic heterocycles. The maximum Gasteiger partial charge on any atom is 0.313 e. The van der Waals surface area contributed by atoms with Crippen molar-refractivity contribution in [3.05, 3.63) is 59.4 Å². The zero-order chi connectivity index (χ0) is 17.5. The second-order valence-corrected chi connectivity index (χ2v) is 5.27. The van der Waals surface area contributed by atoms with Gasteiger partial charge in [0, 0.05) is 12.2 Å². The molecule has 0 aromatic heterocycles. The molecule has 0 spiro atoms. The largest absolute Gasteiger partial charge is 0.497 e. The summed E-state index contributed by atoms with van der Waals surface area (Å²) in [5.74, 6) is -1.30. The van der Waals surface area contributed by atoms with Crippen LogP contribution < -0.4 is 15.4 Å². The van der Waals surface area contributed by atoms with Crippen molar-refractivity contribution in [2.75, 3.05) is 19.0 Å². The Kier molecular flexibility index (Phi) is 5.89. The summed E-state index contributed by atoms with van der Waals surface area (Å²) in [7, 11) is 1.59. The first-order valence-electron chi connectivity index (χ1n) is 7.48. The fourth-order valence-electron chi connectivity index (χ4n) is 2.10. The molecule has 126 valence electrons. The minimum atomic E-state index is -0.821. The fourth-order valence-corrected chi connectivity index (χ4v) is 2.10. The van der Waals surface area contributed by atoms with E-state index in [1.54, 1.807) is 14.0 Å². The molecule has 0 aliphatic rings. The van der Waals surface area contributed by atoms with Gasteiger partial charge in [0.05, 0.1) is 7.11 Å². The monoisotopic (exact) mass is 330 g/mol. The number of nitrogens with one attached hydrogen (secondary N) is 2. The first-order chi connectivity index (χ1) is 11.5. The SMILES string of the molecule is COc1ccc(CCNC(=O)C(=O)Nc2cc(F)ccc2C)cc1. The third-order valence-electron chi connectivity index (χ3n) is 3.51. The van der Waals surface area contributed by atoms with Crippen LogP contribution in [0.5, 0.6) is 5.75 Å². The summed E-state index contributed by atoms with van der Waals surface area (Å²) in [6.45, 7) is 2.04. The Morgan fingerprint density at radius 2 is 1.79 bits per heavy atom. The smallest absolute Gasteiger partial charge is 0.313 e. The van der Waals surface area contributed by atoms with Gasteiger partial charge in [0.2, 0.25) is 0 Å². The van der Waals surface area contributed by atoms with Crippen LogP contribution in [0.2, 0.25) is 0 Å². The van der Waals surface area contributed by atoms with Gasteiger partial charge in [-0.1, -0.05) is 18.2 Å². The van der Waals surface area contributed by atoms with Gasteiger partial charge in [-0.15, -0.1) is 0 Å². The van der Waals surface area contributed by atoms with Crippen molar-refractivity contribution in [2.24, 2.45) is 0 Å². The number of anilines is 1. The highest BCUT2D eigenvalue weighted by molar-refractivity contribution is 6.39. The van der Waals surface area contributed by atoms with Crippen LogP contribution in [-0.4, -0.2) is 25.5 Å². The van der Waals surface area contributed by atoms with Gasteiger partial charge in [0.1, 0.15) is 11.6 Å². The van der Waals surface area contributed by atoms with E-state index in [1.165, 1.54) is 18.2 Å². The van der Waals surface area contributed by atoms with Crippen LogP contribution in [0.15, 0.2) is 42.5 Å². The normalized spacial score (nSPS) is 10.1. The van der Waals surface area contributed by atoms with Crippen LogP contribution in [0.1, 0.15) is 11.1 Å². The number of aryl methyl sites for hydroxylation is 1. The number of methoxy groups -OCH3 is 1. The summed E-state index contributed by atoms with van der Waals surface area (Å²) in [6.07, 6.45) is 0.585. The average Bonchev–Trinajstić information content (AvgIpc) is 2.58. The molecule has 2 N–H and O–H groups in total. The van der Waals surface area contributed by atoms with Gasteiger partial charge in [-0.05, 0) is 48.7 Å². The highest BCUT2D eigenvalue weighted by Crippen LogP contribution is 2.15. The van der Waals surface area contributed by atoms with Gasteiger partial charge < -0.3 is 15.4 Å². The molecule has 0 radical (unpaired) electrons. The number of ether oxygens (including phenoxy) is 1. The van der Waals surface area contributed by atoms with E-state index < -0.39 is 17.6 Å². The average molecular weight is 330 g/mol. The molecule has 5 nitrogen and oxygen atoms in total. The van der Waals surface area contributed by atoms with E-state index in [0.29, 0.717) is 18.5 Å². The molecule has 0 saturated heterocycles. The lowest BCUT2D eigenvalue weighted by molar-refractivity contribution is -0.136. The molecule has 0 unspecified atom stereocenters. The lowest BCUT2D eigenvalue weighted by Crippen LogP contribution is -2.36. The lowest BCUT2D eigenvalue weighted by atomic mass is 10.1. The van der Waals surface area contributed by atoms with Crippen LogP contribution in [0, 0.1) is 12.7 Å². The first kappa shape index (κ1) is 17.5. The van der Waals surface area contributed by atoms with Crippen molar-refractivity contribution < 1.29 is 18.7 Å². The number of hydrogen-bond donors (Lipinski definition) is 2. The molecule has 0 bridgehead atoms. The van der Waals surface area contributed by atoms with Gasteiger partial charge >= 0.3 is 11.8 Å². The maximum absolute atomic E-state index is 13.2. The van der Waals surface area contributed by atoms with Crippen LogP contribution in [0.25, 0.3) is 0 Å². The van der Waals surface area contributed by atoms with Crippen molar-refractivity contribution in [1.82, 2.24) is 5.32 Å². The van der Waals surface area contributed by atoms with Gasteiger partial charge in [0.15, 0.2) is 0 Å². The predicted molar refractivity (Wildman–Crippen MR) is 89.5 cm³/mol. The summed E-state index contributed by atoms with van der Waals surface area (Å²) < 4.78 is 18.3. The van der Waals surface area contributed by atoms with Crippen LogP contribution in [0.3, 0.4) is 0 Å². The molecule has 0 heterocycles. The third-order valence-corrected chi connectivity index (χ3v) is 3.51. The predicted octanol–water partition coefficient (Wildman–Crippen LogP) is 2.44. The lowest BCUT2D eigenvalue weighted by Gasteiger charge is -2.09. The summed E-state index contributed by atoms with van der Waals surface area (Å²) >= 11 is 0. The second-order valence-electron chi connectivity index (χ2n) is 5.27. The van der Waals surface area contributed by atoms with Gasteiger partial charge in [-0.2, -0.15) is 0 Å². The Hall–Kier alpha value is -2.89. The van der Waals surface area contributed by atoms with E-state index in [2.05, 4.69) is 10.6 Å². The molecular weight excluding hydrogens is 311 g/mol. The Morgan fingerprint density at radius 1 is 1.08 bits per heavy atom. The Balaban J connectivity index is 1.83. The topological polar surface area (TPSA) is 67.4 Å². The zero-order valence-electron chi connectivity index (χ0n) is 13.6. The van der Waals surface area contributed by atoms with E-state index in [1.807, 2.05) is 24.3 Å². The molecule has 2 aromatic rings. The quantitative estimate of drug-likeness (QED) is 0.828. The summed E-state index contributed by atoms with van der Waals surface area (Å²) in [4.78, 5) is 23.6. The third kappa shape index (κ3) is 4.81. The number of carbonyl (C=O) groups is 2. The molecular formula is C18H19FN2O3. The molecule has 0 saturated carbocycles. The van der Waals surface area contributed by atoms with Crippen molar-refractivity contribution in [3.63, 3.8) is 0 Å². The summed E-state index contributed by atoms with van der Waals surface area (Å²) in [5.41, 5.74) is 1.97. The minimum absolute atomic E-state index is 0.283. The fraction of sp³-hybridized carbons (Fsp3) is 0.222. The Bertz CT molecular complexity index is 730. The maximum atomic E-state index is 13.2. The Morgan fingerprint density at radius 3 is 2.46 bits per heavy atom. The molecule has 2 aromatic carbocycles. The van der Waals surface area contributed by atoms with E-state index in [4.69, 9.17) is 4.74 Å². The molecule has 24 heavy (non-hydrogen) atoms. The van der Waals surface area contributed by atoms with Crippen molar-refractivity contribution in [2.45, 2.75) is 13.3 Å². The molecule has 6 heteroatoms. The number of rotatable bonds is 5. The number of amides is 2. The number of carbonyl (C=O) groups excluding carboxylic acids is 2. The Labute approximate surface area is 139 Å². The van der Waals surface area contributed by atoms with Crippen molar-refractivity contribution in [3.8, 4) is 5.75 Å². The second kappa shape index (κ2) is 8.10. The molecule has 2 rings (SSSR count). The summed E-state index contributed by atoms with van der Waals surface area (Å²) in [6, 6.07) is 11.4. The molecule has 0 fully saturated rings. The van der Waals surface area contributed by atoms with E-state index in [9.17, 15) is 14.0 Å². The van der Waals surface area contributed by atoms with Gasteiger partial charge in [-0.25, -0.2) is 4.39 Å². The highest BCUT2D eigenvalue weighted by atomic mass is 19.1. The number of halogens is 1. The van der Waals surface area contributed by atoms with E-state index in [-0.39, 0.29) is 5.69 Å². The standard InChI is InChI=1S/C18H19FN2O3/c1-12-3-6-14(19)11-16(12)21-18(23)17(22)20-10-9-13-4-7-15(24-2)8-5-13/h3-8,11H,9-10H2,1-2H3,(H,20,22)(H,21,23). The number of hydrogen-bond acceptors (Lipinski definition) is 3. The van der Waals surface area contributed by atoms with Crippen molar-refractivity contribution in [1.29, 1.82) is 0 Å². The van der Waals surface area contributed by atoms with Crippen LogP contribution in [0.4, 0.5) is 10.1 Å². The zero-order valence-corrected chi connectivity index (χ0v) is 13.6. The number of benzene rings is 2. The van der Waals surface area contributed by atoms with E-state index in [0.717, 1.165) is 11.3 Å².